The van der Waals surface area contributed by atoms with Crippen molar-refractivity contribution in [2.24, 2.45) is 0 Å². The lowest BCUT2D eigenvalue weighted by molar-refractivity contribution is 0.662. The molecular weight excluding hydrogens is 855 g/mol. The second-order valence-electron chi connectivity index (χ2n) is 19.5. The highest BCUT2D eigenvalue weighted by molar-refractivity contribution is 6.04. The molecule has 0 bridgehead atoms. The quantitative estimate of drug-likeness (QED) is 0.139. The van der Waals surface area contributed by atoms with Crippen LogP contribution in [0.2, 0.25) is 0 Å². The van der Waals surface area contributed by atoms with E-state index in [1.54, 1.807) is 0 Å². The molecule has 0 unspecified atom stereocenters. The van der Waals surface area contributed by atoms with Gasteiger partial charge in [0.25, 0.3) is 0 Å². The lowest BCUT2D eigenvalue weighted by Gasteiger charge is -2.35. The van der Waals surface area contributed by atoms with Gasteiger partial charge in [-0.25, -0.2) is 0 Å². The third-order valence-electron chi connectivity index (χ3n) is 15.4. The van der Waals surface area contributed by atoms with Crippen LogP contribution < -0.4 is 4.90 Å². The molecule has 0 fully saturated rings. The van der Waals surface area contributed by atoms with Gasteiger partial charge in [0.05, 0.1) is 16.8 Å². The number of anilines is 3. The van der Waals surface area contributed by atoms with Crippen molar-refractivity contribution >= 4 is 17.1 Å². The van der Waals surface area contributed by atoms with Crippen molar-refractivity contribution < 1.29 is 0 Å². The SMILES string of the molecule is CC1(C)c2ccccc2-c2cccc(-c3ccccc3N(c3ccc4c(c3)-c3ccccc3C4(c3ccccc3)c3ccccc3)c3cccc(-c4ccccc4)c3-c3ccccc3-c3ccccc3)c21. The second-order valence-corrected chi connectivity index (χ2v) is 19.5. The molecule has 2 aliphatic rings. The van der Waals surface area contributed by atoms with Gasteiger partial charge in [-0.3, -0.25) is 0 Å². The van der Waals surface area contributed by atoms with Gasteiger partial charge in [-0.1, -0.05) is 263 Å². The lowest BCUT2D eigenvalue weighted by Crippen LogP contribution is -2.28. The molecule has 0 atom stereocenters. The van der Waals surface area contributed by atoms with E-state index in [-0.39, 0.29) is 5.41 Å². The van der Waals surface area contributed by atoms with E-state index in [0.717, 1.165) is 17.1 Å². The fraction of sp³-hybridized carbons (Fsp3) is 0.0571. The van der Waals surface area contributed by atoms with Crippen LogP contribution in [0.15, 0.2) is 273 Å². The molecule has 11 aromatic carbocycles. The summed E-state index contributed by atoms with van der Waals surface area (Å²) in [5.41, 5.74) is 24.9. The summed E-state index contributed by atoms with van der Waals surface area (Å²) in [6.45, 7) is 4.79. The van der Waals surface area contributed by atoms with Crippen LogP contribution in [0, 0.1) is 0 Å². The molecule has 1 nitrogen and oxygen atoms in total. The van der Waals surface area contributed by atoms with Crippen molar-refractivity contribution in [3.63, 3.8) is 0 Å². The molecule has 11 aromatic rings. The van der Waals surface area contributed by atoms with Crippen molar-refractivity contribution in [2.75, 3.05) is 4.90 Å². The van der Waals surface area contributed by atoms with Crippen LogP contribution in [0.1, 0.15) is 47.2 Å². The van der Waals surface area contributed by atoms with E-state index in [0.29, 0.717) is 0 Å². The molecule has 0 saturated heterocycles. The van der Waals surface area contributed by atoms with Crippen molar-refractivity contribution in [3.05, 3.63) is 306 Å². The Kier molecular flexibility index (Phi) is 10.1. The molecule has 2 aliphatic carbocycles. The number of nitrogens with zero attached hydrogens (tertiary/aromatic N) is 1. The largest absolute Gasteiger partial charge is 0.309 e. The van der Waals surface area contributed by atoms with Crippen LogP contribution in [0.3, 0.4) is 0 Å². The molecule has 1 heteroatoms. The smallest absolute Gasteiger partial charge is 0.0713 e. The van der Waals surface area contributed by atoms with E-state index in [9.17, 15) is 0 Å². The fourth-order valence-electron chi connectivity index (χ4n) is 12.4. The summed E-state index contributed by atoms with van der Waals surface area (Å²) in [7, 11) is 0. The molecule has 0 saturated carbocycles. The van der Waals surface area contributed by atoms with E-state index in [4.69, 9.17) is 0 Å². The Morgan fingerprint density at radius 2 is 0.704 bits per heavy atom. The van der Waals surface area contributed by atoms with Crippen LogP contribution in [0.4, 0.5) is 17.1 Å². The Balaban J connectivity index is 1.13. The highest BCUT2D eigenvalue weighted by atomic mass is 15.1. The number of hydrogen-bond acceptors (Lipinski definition) is 1. The van der Waals surface area contributed by atoms with Gasteiger partial charge >= 0.3 is 0 Å². The van der Waals surface area contributed by atoms with E-state index in [1.807, 2.05) is 0 Å². The zero-order chi connectivity index (χ0) is 47.5. The van der Waals surface area contributed by atoms with Crippen LogP contribution >= 0.6 is 0 Å². The Labute approximate surface area is 417 Å². The van der Waals surface area contributed by atoms with Crippen molar-refractivity contribution in [2.45, 2.75) is 24.7 Å². The zero-order valence-corrected chi connectivity index (χ0v) is 39.9. The number of hydrogen-bond donors (Lipinski definition) is 0. The second kappa shape index (κ2) is 17.0. The molecule has 0 aromatic heterocycles. The van der Waals surface area contributed by atoms with Crippen LogP contribution in [0.5, 0.6) is 0 Å². The van der Waals surface area contributed by atoms with E-state index in [2.05, 4.69) is 292 Å². The van der Waals surface area contributed by atoms with Gasteiger partial charge in [0.1, 0.15) is 0 Å². The predicted molar refractivity (Wildman–Crippen MR) is 298 cm³/mol. The first-order valence-corrected chi connectivity index (χ1v) is 24.8. The van der Waals surface area contributed by atoms with Crippen molar-refractivity contribution in [1.82, 2.24) is 0 Å². The first kappa shape index (κ1) is 42.3. The minimum absolute atomic E-state index is 0.219. The molecule has 336 valence electrons. The normalized spacial score (nSPS) is 13.4. The Morgan fingerprint density at radius 3 is 1.35 bits per heavy atom. The molecule has 0 radical (unpaired) electrons. The van der Waals surface area contributed by atoms with Crippen molar-refractivity contribution in [1.29, 1.82) is 0 Å². The van der Waals surface area contributed by atoms with E-state index < -0.39 is 5.41 Å². The van der Waals surface area contributed by atoms with Crippen molar-refractivity contribution in [3.8, 4) is 66.8 Å². The predicted octanol–water partition coefficient (Wildman–Crippen LogP) is 18.5. The highest BCUT2D eigenvalue weighted by Crippen LogP contribution is 2.59. The lowest BCUT2D eigenvalue weighted by atomic mass is 9.68. The average molecular weight is 906 g/mol. The summed E-state index contributed by atoms with van der Waals surface area (Å²) in [6, 6.07) is 101. The summed E-state index contributed by atoms with van der Waals surface area (Å²) in [5, 5.41) is 0. The molecule has 13 rings (SSSR count). The molecule has 0 amide bonds. The minimum Gasteiger partial charge on any atom is -0.309 e. The third kappa shape index (κ3) is 6.61. The van der Waals surface area contributed by atoms with Gasteiger partial charge in [0, 0.05) is 22.2 Å². The molecule has 0 heterocycles. The monoisotopic (exact) mass is 905 g/mol. The Hall–Kier alpha value is -8.78. The van der Waals surface area contributed by atoms with Crippen LogP contribution in [-0.4, -0.2) is 0 Å². The number of fused-ring (bicyclic) bond motifs is 6. The van der Waals surface area contributed by atoms with Gasteiger partial charge in [0.2, 0.25) is 0 Å². The first-order valence-electron chi connectivity index (χ1n) is 24.8. The first-order chi connectivity index (χ1) is 35.0. The maximum atomic E-state index is 2.57. The van der Waals surface area contributed by atoms with Gasteiger partial charge < -0.3 is 4.90 Å². The van der Waals surface area contributed by atoms with Gasteiger partial charge in [-0.2, -0.15) is 0 Å². The van der Waals surface area contributed by atoms with Crippen LogP contribution in [-0.2, 0) is 10.8 Å². The van der Waals surface area contributed by atoms with Crippen LogP contribution in [0.25, 0.3) is 66.8 Å². The van der Waals surface area contributed by atoms with Gasteiger partial charge in [-0.15, -0.1) is 0 Å². The van der Waals surface area contributed by atoms with Gasteiger partial charge in [0.15, 0.2) is 0 Å². The topological polar surface area (TPSA) is 3.24 Å². The molecule has 71 heavy (non-hydrogen) atoms. The number of rotatable bonds is 9. The zero-order valence-electron chi connectivity index (χ0n) is 39.9. The maximum Gasteiger partial charge on any atom is 0.0713 e. The summed E-state index contributed by atoms with van der Waals surface area (Å²) in [6.07, 6.45) is 0. The molecule has 0 aliphatic heterocycles. The summed E-state index contributed by atoms with van der Waals surface area (Å²) >= 11 is 0. The fourth-order valence-corrected chi connectivity index (χ4v) is 12.4. The molecule has 0 spiro atoms. The van der Waals surface area contributed by atoms with E-state index >= 15 is 0 Å². The summed E-state index contributed by atoms with van der Waals surface area (Å²) in [5.74, 6) is 0. The Morgan fingerprint density at radius 1 is 0.282 bits per heavy atom. The standard InChI is InChI=1S/C70H51N/c1-69(2)62-41-20-17-34-55(62)59-39-23-40-60(68(59)69)57-36-19-22-43-65(57)71(66-44-24-38-54(49-27-9-4-10-28-49)67(66)58-37-16-15-33-53(58)48-25-7-3-8-26-48)52-45-46-64-61(47-52)56-35-18-21-42-63(56)70(64,50-29-11-5-12-30-50)51-31-13-6-14-32-51/h3-47H,1-2H3. The highest BCUT2D eigenvalue weighted by Gasteiger charge is 2.46. The van der Waals surface area contributed by atoms with Gasteiger partial charge in [-0.05, 0) is 113 Å². The summed E-state index contributed by atoms with van der Waals surface area (Å²) in [4.78, 5) is 2.57. The molecular formula is C70H51N. The third-order valence-corrected chi connectivity index (χ3v) is 15.4. The molecule has 0 N–H and O–H groups in total. The number of para-hydroxylation sites is 1. The average Bonchev–Trinajstić information content (AvgIpc) is 3.87. The minimum atomic E-state index is -0.520. The number of benzene rings is 11. The summed E-state index contributed by atoms with van der Waals surface area (Å²) < 4.78 is 0. The Bertz CT molecular complexity index is 3740. The van der Waals surface area contributed by atoms with E-state index in [1.165, 1.54) is 100 Å². The maximum absolute atomic E-state index is 2.57.